The zero-order valence-electron chi connectivity index (χ0n) is 7.60. The Balaban J connectivity index is 2.66. The van der Waals surface area contributed by atoms with E-state index in [9.17, 15) is 4.79 Å². The SMILES string of the molecule is CC[N+]1(C)CCCCCC1=O. The number of hydrogen-bond acceptors (Lipinski definition) is 1. The molecule has 0 aliphatic carbocycles. The van der Waals surface area contributed by atoms with E-state index in [-0.39, 0.29) is 0 Å². The molecule has 1 amide bonds. The van der Waals surface area contributed by atoms with Crippen LogP contribution in [0.4, 0.5) is 0 Å². The number of likely N-dealkylation sites (tertiary alicyclic amines) is 1. The fourth-order valence-electron chi connectivity index (χ4n) is 1.64. The minimum absolute atomic E-state index is 0.435. The summed E-state index contributed by atoms with van der Waals surface area (Å²) in [5, 5.41) is 0. The number of hydrogen-bond donors (Lipinski definition) is 0. The molecule has 11 heavy (non-hydrogen) atoms. The van der Waals surface area contributed by atoms with Gasteiger partial charge in [-0.05, 0) is 26.2 Å². The molecule has 2 heteroatoms. The molecule has 0 bridgehead atoms. The third-order valence-electron chi connectivity index (χ3n) is 2.84. The average molecular weight is 156 g/mol. The second kappa shape index (κ2) is 3.35. The monoisotopic (exact) mass is 156 g/mol. The molecule has 0 radical (unpaired) electrons. The van der Waals surface area contributed by atoms with Crippen molar-refractivity contribution in [3.63, 3.8) is 0 Å². The smallest absolute Gasteiger partial charge is 0.263 e. The molecule has 64 valence electrons. The first-order valence-corrected chi connectivity index (χ1v) is 4.57. The van der Waals surface area contributed by atoms with Crippen LogP contribution in [-0.4, -0.2) is 30.5 Å². The normalized spacial score (nSPS) is 33.5. The number of amides is 1. The highest BCUT2D eigenvalue weighted by Crippen LogP contribution is 2.16. The van der Waals surface area contributed by atoms with Gasteiger partial charge in [-0.2, -0.15) is 0 Å². The summed E-state index contributed by atoms with van der Waals surface area (Å²) < 4.78 is 0.667. The fourth-order valence-corrected chi connectivity index (χ4v) is 1.64. The molecule has 1 fully saturated rings. The van der Waals surface area contributed by atoms with Crippen molar-refractivity contribution in [1.82, 2.24) is 0 Å². The van der Waals surface area contributed by atoms with E-state index in [2.05, 4.69) is 14.0 Å². The number of nitrogens with zero attached hydrogens (tertiary/aromatic N) is 1. The largest absolute Gasteiger partial charge is 0.313 e. The highest BCUT2D eigenvalue weighted by Gasteiger charge is 2.30. The molecule has 0 spiro atoms. The van der Waals surface area contributed by atoms with Gasteiger partial charge in [0.1, 0.15) is 0 Å². The zero-order chi connectivity index (χ0) is 8.32. The Hall–Kier alpha value is -0.370. The first-order chi connectivity index (χ1) is 5.19. The number of quaternary nitrogens is 1. The standard InChI is InChI=1S/C9H18NO/c1-3-10(2)8-6-4-5-7-9(10)11/h3-8H2,1-2H3/q+1. The Morgan fingerprint density at radius 2 is 2.09 bits per heavy atom. The lowest BCUT2D eigenvalue weighted by Gasteiger charge is -2.28. The summed E-state index contributed by atoms with van der Waals surface area (Å²) >= 11 is 0. The van der Waals surface area contributed by atoms with Crippen LogP contribution < -0.4 is 0 Å². The van der Waals surface area contributed by atoms with E-state index in [0.717, 1.165) is 25.9 Å². The van der Waals surface area contributed by atoms with E-state index in [4.69, 9.17) is 0 Å². The van der Waals surface area contributed by atoms with E-state index >= 15 is 0 Å². The number of rotatable bonds is 1. The van der Waals surface area contributed by atoms with Gasteiger partial charge in [-0.15, -0.1) is 0 Å². The summed E-state index contributed by atoms with van der Waals surface area (Å²) in [4.78, 5) is 11.5. The van der Waals surface area contributed by atoms with Gasteiger partial charge in [0.15, 0.2) is 0 Å². The molecule has 1 saturated heterocycles. The fraction of sp³-hybridized carbons (Fsp3) is 0.889. The first-order valence-electron chi connectivity index (χ1n) is 4.57. The van der Waals surface area contributed by atoms with Gasteiger partial charge in [-0.3, -0.25) is 4.48 Å². The maximum absolute atomic E-state index is 11.5. The van der Waals surface area contributed by atoms with E-state index in [1.807, 2.05) is 0 Å². The topological polar surface area (TPSA) is 17.1 Å². The van der Waals surface area contributed by atoms with Gasteiger partial charge in [0.2, 0.25) is 0 Å². The first kappa shape index (κ1) is 8.72. The van der Waals surface area contributed by atoms with Gasteiger partial charge in [0.25, 0.3) is 0 Å². The van der Waals surface area contributed by atoms with Gasteiger partial charge < -0.3 is 0 Å². The molecule has 0 saturated carbocycles. The molecule has 0 aromatic rings. The van der Waals surface area contributed by atoms with Gasteiger partial charge in [0.05, 0.1) is 26.6 Å². The molecule has 1 unspecified atom stereocenters. The van der Waals surface area contributed by atoms with E-state index < -0.39 is 0 Å². The molecule has 0 aromatic heterocycles. The minimum Gasteiger partial charge on any atom is -0.263 e. The van der Waals surface area contributed by atoms with Crippen LogP contribution in [0.25, 0.3) is 0 Å². The van der Waals surface area contributed by atoms with Crippen molar-refractivity contribution in [3.8, 4) is 0 Å². The minimum atomic E-state index is 0.435. The predicted molar refractivity (Wildman–Crippen MR) is 45.1 cm³/mol. The third kappa shape index (κ3) is 1.80. The average Bonchev–Trinajstić information content (AvgIpc) is 2.16. The summed E-state index contributed by atoms with van der Waals surface area (Å²) in [5.74, 6) is 0.435. The zero-order valence-corrected chi connectivity index (χ0v) is 7.60. The van der Waals surface area contributed by atoms with Crippen LogP contribution in [0, 0.1) is 0 Å². The summed E-state index contributed by atoms with van der Waals surface area (Å²) in [6.07, 6.45) is 4.35. The number of carbonyl (C=O) groups excluding carboxylic acids is 1. The predicted octanol–water partition coefficient (Wildman–Crippen LogP) is 1.55. The molecule has 0 N–H and O–H groups in total. The molecule has 1 heterocycles. The van der Waals surface area contributed by atoms with Gasteiger partial charge >= 0.3 is 5.91 Å². The Labute approximate surface area is 68.8 Å². The lowest BCUT2D eigenvalue weighted by Crippen LogP contribution is -2.48. The Bertz CT molecular complexity index is 156. The van der Waals surface area contributed by atoms with Crippen molar-refractivity contribution in [2.24, 2.45) is 0 Å². The quantitative estimate of drug-likeness (QED) is 0.526. The van der Waals surface area contributed by atoms with E-state index in [1.165, 1.54) is 12.8 Å². The summed E-state index contributed by atoms with van der Waals surface area (Å²) in [5.41, 5.74) is 0. The van der Waals surface area contributed by atoms with E-state index in [1.54, 1.807) is 0 Å². The van der Waals surface area contributed by atoms with Crippen molar-refractivity contribution in [3.05, 3.63) is 0 Å². The molecule has 1 atom stereocenters. The van der Waals surface area contributed by atoms with Crippen LogP contribution in [0.2, 0.25) is 0 Å². The van der Waals surface area contributed by atoms with Crippen LogP contribution in [-0.2, 0) is 4.79 Å². The molecule has 2 nitrogen and oxygen atoms in total. The van der Waals surface area contributed by atoms with Crippen molar-refractivity contribution in [1.29, 1.82) is 0 Å². The Morgan fingerprint density at radius 3 is 2.73 bits per heavy atom. The van der Waals surface area contributed by atoms with Gasteiger partial charge in [0, 0.05) is 0 Å². The lowest BCUT2D eigenvalue weighted by atomic mass is 10.2. The highest BCUT2D eigenvalue weighted by molar-refractivity contribution is 5.68. The summed E-state index contributed by atoms with van der Waals surface area (Å²) in [6, 6.07) is 0. The number of carbonyl (C=O) groups is 1. The van der Waals surface area contributed by atoms with Gasteiger partial charge in [-0.25, -0.2) is 4.79 Å². The maximum atomic E-state index is 11.5. The molecular weight excluding hydrogens is 138 g/mol. The second-order valence-electron chi connectivity index (χ2n) is 3.64. The lowest BCUT2D eigenvalue weighted by molar-refractivity contribution is -0.832. The molecule has 1 aliphatic rings. The van der Waals surface area contributed by atoms with Crippen LogP contribution in [0.3, 0.4) is 0 Å². The van der Waals surface area contributed by atoms with Crippen molar-refractivity contribution in [2.75, 3.05) is 20.1 Å². The van der Waals surface area contributed by atoms with Crippen LogP contribution >= 0.6 is 0 Å². The van der Waals surface area contributed by atoms with Crippen molar-refractivity contribution in [2.45, 2.75) is 32.6 Å². The molecule has 1 aliphatic heterocycles. The maximum Gasteiger partial charge on any atom is 0.313 e. The Morgan fingerprint density at radius 1 is 1.36 bits per heavy atom. The van der Waals surface area contributed by atoms with Crippen molar-refractivity contribution < 1.29 is 9.28 Å². The van der Waals surface area contributed by atoms with Crippen LogP contribution in [0.5, 0.6) is 0 Å². The highest BCUT2D eigenvalue weighted by atomic mass is 16.2. The second-order valence-corrected chi connectivity index (χ2v) is 3.64. The van der Waals surface area contributed by atoms with Crippen LogP contribution in [0.15, 0.2) is 0 Å². The Kier molecular flexibility index (Phi) is 2.66. The molecular formula is C9H18NO+. The van der Waals surface area contributed by atoms with Crippen molar-refractivity contribution >= 4 is 5.91 Å². The molecule has 1 rings (SSSR count). The van der Waals surface area contributed by atoms with Crippen LogP contribution in [0.1, 0.15) is 32.6 Å². The summed E-state index contributed by atoms with van der Waals surface area (Å²) in [7, 11) is 2.06. The van der Waals surface area contributed by atoms with Gasteiger partial charge in [-0.1, -0.05) is 0 Å². The molecule has 0 aromatic carbocycles. The summed E-state index contributed by atoms with van der Waals surface area (Å²) in [6.45, 7) is 4.11. The third-order valence-corrected chi connectivity index (χ3v) is 2.84. The van der Waals surface area contributed by atoms with E-state index in [0.29, 0.717) is 10.4 Å².